The van der Waals surface area contributed by atoms with Crippen molar-refractivity contribution in [2.75, 3.05) is 72.2 Å². The van der Waals surface area contributed by atoms with Crippen LogP contribution >= 0.6 is 0 Å². The molecule has 3 saturated heterocycles. The molecular weight excluding hydrogens is 711 g/mol. The van der Waals surface area contributed by atoms with Crippen LogP contribution in [0.3, 0.4) is 0 Å². The Morgan fingerprint density at radius 1 is 1.13 bits per heavy atom. The molecule has 4 aliphatic heterocycles. The summed E-state index contributed by atoms with van der Waals surface area (Å²) in [6.07, 6.45) is 2.72. The minimum atomic E-state index is -1.19. The van der Waals surface area contributed by atoms with Crippen molar-refractivity contribution >= 4 is 23.9 Å². The summed E-state index contributed by atoms with van der Waals surface area (Å²) in [5.74, 6) is -2.28. The van der Waals surface area contributed by atoms with E-state index in [1.165, 1.54) is 17.1 Å². The molecule has 0 bridgehead atoms. The van der Waals surface area contributed by atoms with Gasteiger partial charge in [-0.15, -0.1) is 0 Å². The highest BCUT2D eigenvalue weighted by atomic mass is 19.1. The maximum atomic E-state index is 15.2. The molecule has 3 unspecified atom stereocenters. The molecule has 0 radical (unpaired) electrons. The van der Waals surface area contributed by atoms with Gasteiger partial charge in [-0.25, -0.2) is 27.7 Å². The summed E-state index contributed by atoms with van der Waals surface area (Å²) in [5, 5.41) is 5.65. The van der Waals surface area contributed by atoms with Gasteiger partial charge in [0.1, 0.15) is 29.7 Å². The van der Waals surface area contributed by atoms with E-state index in [4.69, 9.17) is 19.2 Å². The monoisotopic (exact) mass is 757 g/mol. The van der Waals surface area contributed by atoms with Gasteiger partial charge in [-0.05, 0) is 43.9 Å². The van der Waals surface area contributed by atoms with Gasteiger partial charge in [0.15, 0.2) is 0 Å². The lowest BCUT2D eigenvalue weighted by Crippen LogP contribution is -2.61. The van der Waals surface area contributed by atoms with Gasteiger partial charge in [0, 0.05) is 75.8 Å². The summed E-state index contributed by atoms with van der Waals surface area (Å²) in [5.41, 5.74) is 0.943. The molecule has 0 saturated carbocycles. The number of halogens is 3. The van der Waals surface area contributed by atoms with E-state index in [2.05, 4.69) is 17.2 Å². The fourth-order valence-corrected chi connectivity index (χ4v) is 7.17. The highest BCUT2D eigenvalue weighted by Gasteiger charge is 2.44. The first kappa shape index (κ1) is 39.0. The number of carbonyl (C=O) groups is 4. The maximum Gasteiger partial charge on any atom is 0.407 e. The topological polar surface area (TPSA) is 148 Å². The first-order valence-electron chi connectivity index (χ1n) is 18.2. The van der Waals surface area contributed by atoms with Crippen LogP contribution in [-0.4, -0.2) is 133 Å². The van der Waals surface area contributed by atoms with Crippen LogP contribution < -0.4 is 10.6 Å². The standard InChI is InChI=1S/C37H46F3N7O7/c1-23(2)18-44-22-31(28-15-26(38)3-4-29(28)39)43-35(44)34(24-7-11-52-12-8-24)47(19-25-16-41-17-30(25)40)37(51)45-20-27(21-45)54-36(50)42-9-13-53-14-10-46-32(48)5-6-33(46)49/h3-6,15,22,24-25,27,30,34,41H,1,7-14,16-21H2,2H3,(H,42,50). The Balaban J connectivity index is 1.15. The van der Waals surface area contributed by atoms with Crippen LogP contribution in [0.5, 0.6) is 0 Å². The van der Waals surface area contributed by atoms with E-state index >= 15 is 8.78 Å². The van der Waals surface area contributed by atoms with Crippen LogP contribution in [0.25, 0.3) is 11.3 Å². The number of ether oxygens (including phenoxy) is 3. The smallest absolute Gasteiger partial charge is 0.407 e. The van der Waals surface area contributed by atoms with Crippen molar-refractivity contribution in [1.29, 1.82) is 0 Å². The predicted octanol–water partition coefficient (Wildman–Crippen LogP) is 3.20. The second-order valence-corrected chi connectivity index (χ2v) is 14.1. The molecule has 5 amide bonds. The van der Waals surface area contributed by atoms with E-state index in [-0.39, 0.29) is 75.7 Å². The van der Waals surface area contributed by atoms with Crippen molar-refractivity contribution in [3.8, 4) is 11.3 Å². The van der Waals surface area contributed by atoms with Crippen molar-refractivity contribution in [2.24, 2.45) is 11.8 Å². The Kier molecular flexibility index (Phi) is 12.7. The number of carbonyl (C=O) groups excluding carboxylic acids is 4. The van der Waals surface area contributed by atoms with Gasteiger partial charge in [-0.3, -0.25) is 14.5 Å². The van der Waals surface area contributed by atoms with Crippen LogP contribution in [0.15, 0.2) is 48.7 Å². The van der Waals surface area contributed by atoms with E-state index in [1.54, 1.807) is 15.7 Å². The molecule has 3 atom stereocenters. The zero-order valence-corrected chi connectivity index (χ0v) is 30.2. The summed E-state index contributed by atoms with van der Waals surface area (Å²) in [6, 6.07) is 2.10. The quantitative estimate of drug-likeness (QED) is 0.159. The predicted molar refractivity (Wildman–Crippen MR) is 189 cm³/mol. The van der Waals surface area contributed by atoms with Gasteiger partial charge >= 0.3 is 12.1 Å². The minimum Gasteiger partial charge on any atom is -0.442 e. The maximum absolute atomic E-state index is 15.2. The highest BCUT2D eigenvalue weighted by Crippen LogP contribution is 2.39. The number of likely N-dealkylation sites (tertiary alicyclic amines) is 1. The highest BCUT2D eigenvalue weighted by molar-refractivity contribution is 6.12. The van der Waals surface area contributed by atoms with Gasteiger partial charge in [0.2, 0.25) is 0 Å². The number of imidazole rings is 1. The molecule has 2 aromatic rings. The zero-order valence-electron chi connectivity index (χ0n) is 30.2. The number of hydrogen-bond donors (Lipinski definition) is 2. The number of allylic oxidation sites excluding steroid dienone is 1. The van der Waals surface area contributed by atoms with Crippen LogP contribution in [0.1, 0.15) is 31.6 Å². The third kappa shape index (κ3) is 9.30. The number of hydrogen-bond acceptors (Lipinski definition) is 9. The lowest BCUT2D eigenvalue weighted by atomic mass is 9.89. The summed E-state index contributed by atoms with van der Waals surface area (Å²) < 4.78 is 63.0. The van der Waals surface area contributed by atoms with Gasteiger partial charge < -0.3 is 39.2 Å². The van der Waals surface area contributed by atoms with Crippen LogP contribution in [0, 0.1) is 23.5 Å². The molecule has 14 nitrogen and oxygen atoms in total. The molecule has 1 aromatic carbocycles. The van der Waals surface area contributed by atoms with Crippen LogP contribution in [-0.2, 0) is 30.3 Å². The van der Waals surface area contributed by atoms with E-state index in [0.29, 0.717) is 45.0 Å². The molecule has 54 heavy (non-hydrogen) atoms. The number of amides is 5. The lowest BCUT2D eigenvalue weighted by molar-refractivity contribution is -0.137. The number of alkyl carbamates (subject to hydrolysis) is 1. The van der Waals surface area contributed by atoms with Crippen LogP contribution in [0.4, 0.5) is 22.8 Å². The number of benzene rings is 1. The Morgan fingerprint density at radius 3 is 2.56 bits per heavy atom. The first-order chi connectivity index (χ1) is 26.0. The Hall–Kier alpha value is -4.74. The van der Waals surface area contributed by atoms with E-state index in [0.717, 1.165) is 28.7 Å². The fraction of sp³-hybridized carbons (Fsp3) is 0.541. The number of nitrogens with one attached hydrogen (secondary N) is 2. The second-order valence-electron chi connectivity index (χ2n) is 14.1. The molecule has 1 aromatic heterocycles. The summed E-state index contributed by atoms with van der Waals surface area (Å²) >= 11 is 0. The summed E-state index contributed by atoms with van der Waals surface area (Å²) in [4.78, 5) is 59.4. The SMILES string of the molecule is C=C(C)Cn1cc(-c2cc(F)ccc2F)nc1C(C1CCOCC1)N(CC1CNCC1F)C(=O)N1CC(OC(=O)NCCOCCN2C(=O)C=CC2=O)C1. The molecule has 0 aliphatic carbocycles. The normalized spacial score (nSPS) is 21.0. The third-order valence-corrected chi connectivity index (χ3v) is 9.97. The van der Waals surface area contributed by atoms with Crippen molar-refractivity contribution in [2.45, 2.75) is 44.6 Å². The van der Waals surface area contributed by atoms with Gasteiger partial charge in [0.25, 0.3) is 11.8 Å². The summed E-state index contributed by atoms with van der Waals surface area (Å²) in [6.45, 7) is 8.33. The molecular formula is C37H46F3N7O7. The lowest BCUT2D eigenvalue weighted by Gasteiger charge is -2.45. The average molecular weight is 758 g/mol. The Labute approximate surface area is 311 Å². The Bertz CT molecular complexity index is 1730. The number of imide groups is 1. The molecule has 2 N–H and O–H groups in total. The number of rotatable bonds is 15. The molecule has 3 fully saturated rings. The zero-order chi connectivity index (χ0) is 38.4. The van der Waals surface area contributed by atoms with E-state index in [1.807, 2.05) is 6.92 Å². The van der Waals surface area contributed by atoms with Gasteiger partial charge in [0.05, 0.1) is 44.6 Å². The van der Waals surface area contributed by atoms with Crippen molar-refractivity contribution in [3.63, 3.8) is 0 Å². The summed E-state index contributed by atoms with van der Waals surface area (Å²) in [7, 11) is 0. The van der Waals surface area contributed by atoms with E-state index in [9.17, 15) is 23.6 Å². The largest absolute Gasteiger partial charge is 0.442 e. The molecule has 0 spiro atoms. The second kappa shape index (κ2) is 17.6. The molecule has 6 rings (SSSR count). The van der Waals surface area contributed by atoms with Crippen molar-refractivity contribution < 1.29 is 46.6 Å². The molecule has 4 aliphatic rings. The molecule has 5 heterocycles. The van der Waals surface area contributed by atoms with Crippen LogP contribution in [0.2, 0.25) is 0 Å². The third-order valence-electron chi connectivity index (χ3n) is 9.97. The van der Waals surface area contributed by atoms with Crippen molar-refractivity contribution in [3.05, 3.63) is 66.2 Å². The number of urea groups is 1. The Morgan fingerprint density at radius 2 is 1.87 bits per heavy atom. The first-order valence-corrected chi connectivity index (χ1v) is 18.2. The van der Waals surface area contributed by atoms with Gasteiger partial charge in [-0.2, -0.15) is 0 Å². The van der Waals surface area contributed by atoms with Crippen molar-refractivity contribution in [1.82, 2.24) is 34.9 Å². The fourth-order valence-electron chi connectivity index (χ4n) is 7.17. The van der Waals surface area contributed by atoms with E-state index < -0.39 is 53.8 Å². The number of alkyl halides is 1. The number of nitrogens with zero attached hydrogens (tertiary/aromatic N) is 5. The average Bonchev–Trinajstić information content (AvgIpc) is 3.82. The molecule has 17 heteroatoms. The van der Waals surface area contributed by atoms with Gasteiger partial charge in [-0.1, -0.05) is 12.2 Å². The molecule has 292 valence electrons. The minimum absolute atomic E-state index is 0.0238. The number of aromatic nitrogens is 2.